The molecule has 16 heavy (non-hydrogen) atoms. The number of nitrogens with zero attached hydrogens (tertiary/aromatic N) is 2. The van der Waals surface area contributed by atoms with Gasteiger partial charge in [-0.2, -0.15) is 0 Å². The van der Waals surface area contributed by atoms with Gasteiger partial charge >= 0.3 is 0 Å². The van der Waals surface area contributed by atoms with E-state index < -0.39 is 8.24 Å². The van der Waals surface area contributed by atoms with E-state index in [2.05, 4.69) is 50.3 Å². The molecule has 0 spiro atoms. The summed E-state index contributed by atoms with van der Waals surface area (Å²) in [5.41, 5.74) is 0. The Bertz CT molecular complexity index is 212. The van der Waals surface area contributed by atoms with E-state index in [1.165, 1.54) is 39.1 Å². The first kappa shape index (κ1) is 14.2. The third-order valence-electron chi connectivity index (χ3n) is 4.54. The molecule has 1 fully saturated rings. The molecule has 3 heteroatoms. The summed E-state index contributed by atoms with van der Waals surface area (Å²) in [4.78, 5) is 2.61. The van der Waals surface area contributed by atoms with Crippen molar-refractivity contribution in [1.82, 2.24) is 9.47 Å². The maximum atomic E-state index is 2.80. The molecule has 96 valence electrons. The lowest BCUT2D eigenvalue weighted by Crippen LogP contribution is -2.61. The van der Waals surface area contributed by atoms with E-state index >= 15 is 0 Å². The zero-order valence-electron chi connectivity index (χ0n) is 12.1. The second kappa shape index (κ2) is 5.19. The first-order valence-electron chi connectivity index (χ1n) is 6.76. The van der Waals surface area contributed by atoms with Crippen molar-refractivity contribution >= 4 is 8.24 Å². The SMILES string of the molecule is CCCN1CCN([Si](C)(C)C(C)(C)C)CC1. The summed E-state index contributed by atoms with van der Waals surface area (Å²) >= 11 is 0. The molecule has 0 atom stereocenters. The van der Waals surface area contributed by atoms with Gasteiger partial charge in [0.2, 0.25) is 0 Å². The monoisotopic (exact) mass is 242 g/mol. The fraction of sp³-hybridized carbons (Fsp3) is 1.00. The average Bonchev–Trinajstić information content (AvgIpc) is 2.17. The quantitative estimate of drug-likeness (QED) is 0.702. The van der Waals surface area contributed by atoms with Crippen molar-refractivity contribution in [3.63, 3.8) is 0 Å². The lowest BCUT2D eigenvalue weighted by atomic mass is 10.2. The van der Waals surface area contributed by atoms with E-state index in [1.807, 2.05) is 0 Å². The van der Waals surface area contributed by atoms with Crippen molar-refractivity contribution < 1.29 is 0 Å². The number of rotatable bonds is 3. The molecule has 1 aliphatic heterocycles. The van der Waals surface area contributed by atoms with Crippen molar-refractivity contribution in [3.05, 3.63) is 0 Å². The van der Waals surface area contributed by atoms with Crippen LogP contribution in [-0.4, -0.2) is 50.4 Å². The molecule has 0 radical (unpaired) electrons. The Balaban J connectivity index is 2.53. The fourth-order valence-corrected chi connectivity index (χ4v) is 4.59. The Morgan fingerprint density at radius 3 is 1.88 bits per heavy atom. The van der Waals surface area contributed by atoms with Crippen LogP contribution in [0.2, 0.25) is 18.1 Å². The van der Waals surface area contributed by atoms with Crippen molar-refractivity contribution in [3.8, 4) is 0 Å². The Labute approximate surface area is 103 Å². The minimum Gasteiger partial charge on any atom is -0.321 e. The summed E-state index contributed by atoms with van der Waals surface area (Å²) in [6, 6.07) is 0. The van der Waals surface area contributed by atoms with Gasteiger partial charge in [0.15, 0.2) is 0 Å². The van der Waals surface area contributed by atoms with Crippen LogP contribution in [0.1, 0.15) is 34.1 Å². The van der Waals surface area contributed by atoms with Crippen LogP contribution in [0.15, 0.2) is 0 Å². The summed E-state index contributed by atoms with van der Waals surface area (Å²) < 4.78 is 2.80. The molecule has 0 bridgehead atoms. The standard InChI is InChI=1S/C13H30N2Si/c1-7-8-14-9-11-15(12-10-14)16(5,6)13(2,3)4/h7-12H2,1-6H3. The molecule has 0 amide bonds. The molecule has 2 nitrogen and oxygen atoms in total. The third kappa shape index (κ3) is 3.08. The summed E-state index contributed by atoms with van der Waals surface area (Å²) in [6.45, 7) is 21.0. The molecule has 1 heterocycles. The van der Waals surface area contributed by atoms with Crippen LogP contribution in [0.4, 0.5) is 0 Å². The van der Waals surface area contributed by atoms with Gasteiger partial charge in [0, 0.05) is 26.2 Å². The van der Waals surface area contributed by atoms with E-state index in [1.54, 1.807) is 0 Å². The van der Waals surface area contributed by atoms with Gasteiger partial charge in [-0.05, 0) is 18.0 Å². The van der Waals surface area contributed by atoms with Crippen LogP contribution in [-0.2, 0) is 0 Å². The summed E-state index contributed by atoms with van der Waals surface area (Å²) in [6.07, 6.45) is 1.29. The maximum Gasteiger partial charge on any atom is 0.127 e. The minimum atomic E-state index is -1.25. The highest BCUT2D eigenvalue weighted by atomic mass is 28.3. The van der Waals surface area contributed by atoms with E-state index in [9.17, 15) is 0 Å². The molecule has 0 saturated carbocycles. The van der Waals surface area contributed by atoms with E-state index in [0.717, 1.165) is 0 Å². The van der Waals surface area contributed by atoms with Gasteiger partial charge in [-0.15, -0.1) is 0 Å². The Morgan fingerprint density at radius 2 is 1.50 bits per heavy atom. The van der Waals surface area contributed by atoms with Gasteiger partial charge in [0.05, 0.1) is 0 Å². The predicted octanol–water partition coefficient (Wildman–Crippen LogP) is 3.02. The Kier molecular flexibility index (Phi) is 4.61. The minimum absolute atomic E-state index is 0.486. The second-order valence-electron chi connectivity index (χ2n) is 6.64. The van der Waals surface area contributed by atoms with Crippen LogP contribution in [0.25, 0.3) is 0 Å². The highest BCUT2D eigenvalue weighted by molar-refractivity contribution is 6.77. The highest BCUT2D eigenvalue weighted by Crippen LogP contribution is 2.38. The normalized spacial score (nSPS) is 21.4. The van der Waals surface area contributed by atoms with Crippen molar-refractivity contribution in [2.24, 2.45) is 0 Å². The van der Waals surface area contributed by atoms with E-state index in [4.69, 9.17) is 0 Å². The summed E-state index contributed by atoms with van der Waals surface area (Å²) in [7, 11) is -1.25. The van der Waals surface area contributed by atoms with E-state index in [0.29, 0.717) is 5.04 Å². The summed E-state index contributed by atoms with van der Waals surface area (Å²) in [5.74, 6) is 0. The van der Waals surface area contributed by atoms with Gasteiger partial charge in [-0.1, -0.05) is 40.8 Å². The van der Waals surface area contributed by atoms with Crippen molar-refractivity contribution in [1.29, 1.82) is 0 Å². The van der Waals surface area contributed by atoms with E-state index in [-0.39, 0.29) is 0 Å². The molecule has 0 N–H and O–H groups in total. The van der Waals surface area contributed by atoms with Crippen molar-refractivity contribution in [2.45, 2.75) is 52.2 Å². The molecule has 1 rings (SSSR count). The molecule has 0 aliphatic carbocycles. The largest absolute Gasteiger partial charge is 0.321 e. The first-order chi connectivity index (χ1) is 7.29. The Hall–Kier alpha value is 0.137. The highest BCUT2D eigenvalue weighted by Gasteiger charge is 2.41. The molecule has 0 unspecified atom stereocenters. The molecule has 0 aromatic carbocycles. The zero-order valence-corrected chi connectivity index (χ0v) is 13.1. The van der Waals surface area contributed by atoms with Gasteiger partial charge in [-0.25, -0.2) is 0 Å². The van der Waals surface area contributed by atoms with Gasteiger partial charge in [0.25, 0.3) is 0 Å². The smallest absolute Gasteiger partial charge is 0.127 e. The lowest BCUT2D eigenvalue weighted by Gasteiger charge is -2.49. The lowest BCUT2D eigenvalue weighted by molar-refractivity contribution is 0.180. The van der Waals surface area contributed by atoms with Crippen LogP contribution in [0.5, 0.6) is 0 Å². The molecule has 1 aliphatic rings. The second-order valence-corrected chi connectivity index (χ2v) is 11.9. The van der Waals surface area contributed by atoms with Crippen LogP contribution in [0.3, 0.4) is 0 Å². The molecular weight excluding hydrogens is 212 g/mol. The summed E-state index contributed by atoms with van der Waals surface area (Å²) in [5, 5.41) is 0.486. The molecular formula is C13H30N2Si. The molecule has 0 aromatic rings. The van der Waals surface area contributed by atoms with Gasteiger partial charge in [-0.3, -0.25) is 0 Å². The topological polar surface area (TPSA) is 6.48 Å². The molecule has 0 aromatic heterocycles. The van der Waals surface area contributed by atoms with Crippen molar-refractivity contribution in [2.75, 3.05) is 32.7 Å². The van der Waals surface area contributed by atoms with Crippen LogP contribution < -0.4 is 0 Å². The fourth-order valence-electron chi connectivity index (χ4n) is 2.32. The first-order valence-corrected chi connectivity index (χ1v) is 9.71. The van der Waals surface area contributed by atoms with Crippen LogP contribution in [0, 0.1) is 0 Å². The number of hydrogen-bond donors (Lipinski definition) is 0. The van der Waals surface area contributed by atoms with Gasteiger partial charge < -0.3 is 9.47 Å². The zero-order chi connectivity index (χ0) is 12.4. The third-order valence-corrected chi connectivity index (χ3v) is 10.2. The van der Waals surface area contributed by atoms with Crippen LogP contribution >= 0.6 is 0 Å². The number of hydrogen-bond acceptors (Lipinski definition) is 2. The maximum absolute atomic E-state index is 2.80. The average molecular weight is 242 g/mol. The number of piperazine rings is 1. The molecule has 1 saturated heterocycles. The Morgan fingerprint density at radius 1 is 1.00 bits per heavy atom. The van der Waals surface area contributed by atoms with Gasteiger partial charge in [0.1, 0.15) is 8.24 Å². The predicted molar refractivity (Wildman–Crippen MR) is 75.5 cm³/mol.